The average Bonchev–Trinajstić information content (AvgIpc) is 2.98. The molecule has 2 heterocycles. The average molecular weight is 288 g/mol. The number of benzene rings is 1. The Hall–Kier alpha value is -2.57. The van der Waals surface area contributed by atoms with Crippen molar-refractivity contribution in [1.29, 1.82) is 0 Å². The van der Waals surface area contributed by atoms with E-state index in [2.05, 4.69) is 10.3 Å². The standard InChI is InChI=1S/C14H16N4O3/c1-20-12-5-3-4-11(13(12)21-2)14(19)17-8-10(9-17)18-7-6-15-16-18/h3-7,10H,8-9H2,1-2H3. The summed E-state index contributed by atoms with van der Waals surface area (Å²) in [6.07, 6.45) is 3.44. The molecule has 2 aromatic rings. The molecule has 1 aromatic carbocycles. The summed E-state index contributed by atoms with van der Waals surface area (Å²) in [4.78, 5) is 14.3. The van der Waals surface area contributed by atoms with Crippen molar-refractivity contribution in [1.82, 2.24) is 19.9 Å². The first-order valence-corrected chi connectivity index (χ1v) is 6.60. The minimum Gasteiger partial charge on any atom is -0.493 e. The fourth-order valence-corrected chi connectivity index (χ4v) is 2.43. The lowest BCUT2D eigenvalue weighted by molar-refractivity contribution is 0.0494. The van der Waals surface area contributed by atoms with Gasteiger partial charge in [0.15, 0.2) is 11.5 Å². The number of likely N-dealkylation sites (tertiary alicyclic amines) is 1. The molecule has 110 valence electrons. The van der Waals surface area contributed by atoms with Crippen molar-refractivity contribution in [2.75, 3.05) is 27.3 Å². The Morgan fingerprint density at radius 2 is 2.10 bits per heavy atom. The number of rotatable bonds is 4. The van der Waals surface area contributed by atoms with Gasteiger partial charge in [0, 0.05) is 19.3 Å². The van der Waals surface area contributed by atoms with E-state index in [-0.39, 0.29) is 11.9 Å². The van der Waals surface area contributed by atoms with E-state index in [0.29, 0.717) is 30.2 Å². The second kappa shape index (κ2) is 5.43. The Balaban J connectivity index is 1.75. The van der Waals surface area contributed by atoms with Gasteiger partial charge in [0.25, 0.3) is 5.91 Å². The predicted molar refractivity (Wildman–Crippen MR) is 74.5 cm³/mol. The van der Waals surface area contributed by atoms with E-state index in [9.17, 15) is 4.79 Å². The van der Waals surface area contributed by atoms with E-state index < -0.39 is 0 Å². The fraction of sp³-hybridized carbons (Fsp3) is 0.357. The largest absolute Gasteiger partial charge is 0.493 e. The highest BCUT2D eigenvalue weighted by Crippen LogP contribution is 2.33. The Labute approximate surface area is 122 Å². The van der Waals surface area contributed by atoms with E-state index in [0.717, 1.165) is 0 Å². The summed E-state index contributed by atoms with van der Waals surface area (Å²) in [5.74, 6) is 0.952. The van der Waals surface area contributed by atoms with Crippen LogP contribution in [0.4, 0.5) is 0 Å². The minimum absolute atomic E-state index is 0.0675. The molecule has 1 amide bonds. The fourth-order valence-electron chi connectivity index (χ4n) is 2.43. The zero-order chi connectivity index (χ0) is 14.8. The van der Waals surface area contributed by atoms with Crippen molar-refractivity contribution >= 4 is 5.91 Å². The highest BCUT2D eigenvalue weighted by atomic mass is 16.5. The molecular weight excluding hydrogens is 272 g/mol. The third-order valence-corrected chi connectivity index (χ3v) is 3.60. The zero-order valence-corrected chi connectivity index (χ0v) is 11.9. The molecule has 1 saturated heterocycles. The summed E-state index contributed by atoms with van der Waals surface area (Å²) < 4.78 is 12.3. The monoisotopic (exact) mass is 288 g/mol. The normalized spacial score (nSPS) is 14.7. The molecular formula is C14H16N4O3. The van der Waals surface area contributed by atoms with E-state index >= 15 is 0 Å². The predicted octanol–water partition coefficient (Wildman–Crippen LogP) is 0.992. The molecule has 0 radical (unpaired) electrons. The molecule has 1 aromatic heterocycles. The smallest absolute Gasteiger partial charge is 0.257 e. The molecule has 0 saturated carbocycles. The van der Waals surface area contributed by atoms with Crippen molar-refractivity contribution in [3.05, 3.63) is 36.2 Å². The summed E-state index contributed by atoms with van der Waals surface area (Å²) in [6, 6.07) is 5.48. The van der Waals surface area contributed by atoms with Crippen molar-refractivity contribution in [2.24, 2.45) is 0 Å². The van der Waals surface area contributed by atoms with Crippen LogP contribution in [-0.2, 0) is 0 Å². The molecule has 0 aliphatic carbocycles. The van der Waals surface area contributed by atoms with E-state index in [1.165, 1.54) is 7.11 Å². The number of amides is 1. The summed E-state index contributed by atoms with van der Waals surface area (Å²) >= 11 is 0. The van der Waals surface area contributed by atoms with Gasteiger partial charge in [0.05, 0.1) is 32.0 Å². The maximum atomic E-state index is 12.5. The van der Waals surface area contributed by atoms with E-state index in [4.69, 9.17) is 9.47 Å². The first kappa shape index (κ1) is 13.4. The molecule has 7 heteroatoms. The Morgan fingerprint density at radius 1 is 1.29 bits per heavy atom. The van der Waals surface area contributed by atoms with Crippen LogP contribution < -0.4 is 9.47 Å². The van der Waals surface area contributed by atoms with Crippen LogP contribution in [0.1, 0.15) is 16.4 Å². The van der Waals surface area contributed by atoms with Gasteiger partial charge in [-0.2, -0.15) is 0 Å². The highest BCUT2D eigenvalue weighted by molar-refractivity contribution is 5.98. The number of hydrogen-bond donors (Lipinski definition) is 0. The van der Waals surface area contributed by atoms with Gasteiger partial charge in [0.2, 0.25) is 0 Å². The van der Waals surface area contributed by atoms with E-state index in [1.807, 2.05) is 0 Å². The lowest BCUT2D eigenvalue weighted by Gasteiger charge is -2.39. The number of nitrogens with zero attached hydrogens (tertiary/aromatic N) is 4. The van der Waals surface area contributed by atoms with Crippen molar-refractivity contribution in [3.63, 3.8) is 0 Å². The first-order valence-electron chi connectivity index (χ1n) is 6.60. The third-order valence-electron chi connectivity index (χ3n) is 3.60. The molecule has 7 nitrogen and oxygen atoms in total. The van der Waals surface area contributed by atoms with Gasteiger partial charge < -0.3 is 14.4 Å². The second-order valence-electron chi connectivity index (χ2n) is 4.79. The second-order valence-corrected chi connectivity index (χ2v) is 4.79. The van der Waals surface area contributed by atoms with Crippen LogP contribution in [0.15, 0.2) is 30.6 Å². The van der Waals surface area contributed by atoms with Gasteiger partial charge in [0.1, 0.15) is 0 Å². The number of ether oxygens (including phenoxy) is 2. The summed E-state index contributed by atoms with van der Waals surface area (Å²) in [5.41, 5.74) is 0.508. The topological polar surface area (TPSA) is 69.5 Å². The number of methoxy groups -OCH3 is 2. The molecule has 0 bridgehead atoms. The first-order chi connectivity index (χ1) is 10.2. The van der Waals surface area contributed by atoms with Gasteiger partial charge in [-0.05, 0) is 12.1 Å². The molecule has 0 spiro atoms. The highest BCUT2D eigenvalue weighted by Gasteiger charge is 2.34. The number of para-hydroxylation sites is 1. The summed E-state index contributed by atoms with van der Waals surface area (Å²) in [7, 11) is 3.08. The van der Waals surface area contributed by atoms with Gasteiger partial charge in [-0.1, -0.05) is 11.3 Å². The van der Waals surface area contributed by atoms with Crippen LogP contribution in [0, 0.1) is 0 Å². The maximum absolute atomic E-state index is 12.5. The van der Waals surface area contributed by atoms with Crippen LogP contribution in [0.25, 0.3) is 0 Å². The molecule has 3 rings (SSSR count). The van der Waals surface area contributed by atoms with Gasteiger partial charge in [-0.25, -0.2) is 4.68 Å². The van der Waals surface area contributed by atoms with Crippen LogP contribution in [-0.4, -0.2) is 53.1 Å². The molecule has 1 aliphatic heterocycles. The maximum Gasteiger partial charge on any atom is 0.257 e. The molecule has 0 atom stereocenters. The number of aromatic nitrogens is 3. The molecule has 1 fully saturated rings. The van der Waals surface area contributed by atoms with Crippen molar-refractivity contribution in [2.45, 2.75) is 6.04 Å². The Morgan fingerprint density at radius 3 is 2.71 bits per heavy atom. The van der Waals surface area contributed by atoms with Crippen molar-refractivity contribution < 1.29 is 14.3 Å². The Bertz CT molecular complexity index is 636. The number of carbonyl (C=O) groups is 1. The lowest BCUT2D eigenvalue weighted by Crippen LogP contribution is -2.51. The molecule has 0 N–H and O–H groups in total. The Kier molecular flexibility index (Phi) is 3.47. The van der Waals surface area contributed by atoms with Crippen LogP contribution in [0.3, 0.4) is 0 Å². The van der Waals surface area contributed by atoms with Gasteiger partial charge in [-0.15, -0.1) is 5.10 Å². The quantitative estimate of drug-likeness (QED) is 0.839. The molecule has 0 unspecified atom stereocenters. The van der Waals surface area contributed by atoms with Crippen LogP contribution in [0.2, 0.25) is 0 Å². The minimum atomic E-state index is -0.0675. The zero-order valence-electron chi connectivity index (χ0n) is 11.9. The number of carbonyl (C=O) groups excluding carboxylic acids is 1. The molecule has 1 aliphatic rings. The van der Waals surface area contributed by atoms with Crippen molar-refractivity contribution in [3.8, 4) is 11.5 Å². The summed E-state index contributed by atoms with van der Waals surface area (Å²) in [5, 5.41) is 7.73. The van der Waals surface area contributed by atoms with Crippen LogP contribution in [0.5, 0.6) is 11.5 Å². The summed E-state index contributed by atoms with van der Waals surface area (Å²) in [6.45, 7) is 1.23. The molecule has 21 heavy (non-hydrogen) atoms. The lowest BCUT2D eigenvalue weighted by atomic mass is 10.1. The SMILES string of the molecule is COc1cccc(C(=O)N2CC(n3ccnn3)C2)c1OC. The van der Waals surface area contributed by atoms with E-state index in [1.54, 1.807) is 47.3 Å². The van der Waals surface area contributed by atoms with Gasteiger partial charge >= 0.3 is 0 Å². The number of hydrogen-bond acceptors (Lipinski definition) is 5. The van der Waals surface area contributed by atoms with Gasteiger partial charge in [-0.3, -0.25) is 4.79 Å². The van der Waals surface area contributed by atoms with Crippen LogP contribution >= 0.6 is 0 Å². The third kappa shape index (κ3) is 2.31.